The number of halogens is 3. The van der Waals surface area contributed by atoms with Crippen molar-refractivity contribution >= 4 is 5.91 Å². The van der Waals surface area contributed by atoms with Crippen molar-refractivity contribution in [3.05, 3.63) is 47.5 Å². The van der Waals surface area contributed by atoms with Gasteiger partial charge in [-0.25, -0.2) is 4.98 Å². The minimum absolute atomic E-state index is 0.271. The molecule has 0 bridgehead atoms. The van der Waals surface area contributed by atoms with Gasteiger partial charge < -0.3 is 10.5 Å². The molecule has 3 aromatic rings. The Hall–Kier alpha value is -3.37. The molecule has 4 heterocycles. The molecule has 0 saturated heterocycles. The van der Waals surface area contributed by atoms with Crippen LogP contribution in [-0.4, -0.2) is 37.1 Å². The van der Waals surface area contributed by atoms with Crippen molar-refractivity contribution in [2.45, 2.75) is 32.5 Å². The van der Waals surface area contributed by atoms with Crippen molar-refractivity contribution in [3.63, 3.8) is 0 Å². The fraction of sp³-hybridized carbons (Fsp3) is 0.368. The lowest BCUT2D eigenvalue weighted by atomic mass is 10.2. The number of aryl methyl sites for hydroxylation is 3. The van der Waals surface area contributed by atoms with Gasteiger partial charge in [-0.3, -0.25) is 14.2 Å². The SMILES string of the molecule is CCOc1cc(-c2cc3n(n2)CCC3)ccn1.Cn1nc(C(F)(F)F)cc1C(N)=O. The van der Waals surface area contributed by atoms with Crippen LogP contribution in [-0.2, 0) is 26.2 Å². The van der Waals surface area contributed by atoms with Crippen LogP contribution in [0.4, 0.5) is 13.2 Å². The van der Waals surface area contributed by atoms with Crippen LogP contribution in [0.2, 0.25) is 0 Å². The lowest BCUT2D eigenvalue weighted by molar-refractivity contribution is -0.141. The minimum atomic E-state index is -4.55. The van der Waals surface area contributed by atoms with E-state index in [1.165, 1.54) is 19.2 Å². The predicted octanol–water partition coefficient (Wildman–Crippen LogP) is 2.83. The summed E-state index contributed by atoms with van der Waals surface area (Å²) in [6.07, 6.45) is -0.435. The number of hydrogen-bond donors (Lipinski definition) is 1. The molecule has 1 aliphatic rings. The summed E-state index contributed by atoms with van der Waals surface area (Å²) < 4.78 is 44.3. The number of ether oxygens (including phenoxy) is 1. The van der Waals surface area contributed by atoms with Gasteiger partial charge in [-0.05, 0) is 31.9 Å². The zero-order valence-electron chi connectivity index (χ0n) is 16.5. The van der Waals surface area contributed by atoms with Crippen LogP contribution < -0.4 is 10.5 Å². The number of fused-ring (bicyclic) bond motifs is 1. The standard InChI is InChI=1S/C13H15N3O.C6H6F3N3O/c1-2-17-13-8-10(5-6-14-13)12-9-11-4-3-7-16(11)15-12;1-12-3(5(10)13)2-4(11-12)6(7,8)9/h5-6,8-9H,2-4,7H2,1H3;2H,1H3,(H2,10,13). The quantitative estimate of drug-likeness (QED) is 0.697. The van der Waals surface area contributed by atoms with Gasteiger partial charge in [-0.2, -0.15) is 23.4 Å². The molecule has 160 valence electrons. The normalized spacial score (nSPS) is 12.8. The second-order valence-corrected chi connectivity index (χ2v) is 6.56. The summed E-state index contributed by atoms with van der Waals surface area (Å²) >= 11 is 0. The molecule has 1 amide bonds. The van der Waals surface area contributed by atoms with Crippen molar-refractivity contribution in [2.75, 3.05) is 6.61 Å². The molecular weight excluding hydrogens is 401 g/mol. The number of pyridine rings is 1. The van der Waals surface area contributed by atoms with Crippen LogP contribution in [0, 0.1) is 0 Å². The zero-order valence-corrected chi connectivity index (χ0v) is 16.5. The fourth-order valence-electron chi connectivity index (χ4n) is 3.03. The van der Waals surface area contributed by atoms with Crippen LogP contribution in [0.3, 0.4) is 0 Å². The molecule has 11 heteroatoms. The predicted molar refractivity (Wildman–Crippen MR) is 102 cm³/mol. The number of carbonyl (C=O) groups is 1. The summed E-state index contributed by atoms with van der Waals surface area (Å²) in [6, 6.07) is 6.70. The summed E-state index contributed by atoms with van der Waals surface area (Å²) in [7, 11) is 1.22. The number of carbonyl (C=O) groups excluding carboxylic acids is 1. The molecule has 0 aromatic carbocycles. The van der Waals surface area contributed by atoms with Crippen molar-refractivity contribution in [1.29, 1.82) is 0 Å². The lowest BCUT2D eigenvalue weighted by Gasteiger charge is -2.02. The summed E-state index contributed by atoms with van der Waals surface area (Å²) in [5.74, 6) is -0.274. The second kappa shape index (κ2) is 8.56. The average Bonchev–Trinajstić information content (AvgIpc) is 3.36. The van der Waals surface area contributed by atoms with Crippen LogP contribution in [0.15, 0.2) is 30.5 Å². The molecule has 0 spiro atoms. The topological polar surface area (TPSA) is 101 Å². The van der Waals surface area contributed by atoms with Gasteiger partial charge in [-0.15, -0.1) is 0 Å². The Balaban J connectivity index is 0.000000178. The van der Waals surface area contributed by atoms with Crippen LogP contribution >= 0.6 is 0 Å². The monoisotopic (exact) mass is 422 g/mol. The van der Waals surface area contributed by atoms with Crippen molar-refractivity contribution in [1.82, 2.24) is 24.5 Å². The van der Waals surface area contributed by atoms with E-state index in [0.717, 1.165) is 28.9 Å². The first kappa shape index (κ1) is 21.3. The van der Waals surface area contributed by atoms with Crippen molar-refractivity contribution in [2.24, 2.45) is 12.8 Å². The molecule has 0 radical (unpaired) electrons. The number of nitrogens with zero attached hydrogens (tertiary/aromatic N) is 5. The molecule has 4 rings (SSSR count). The van der Waals surface area contributed by atoms with Gasteiger partial charge in [-0.1, -0.05) is 0 Å². The van der Waals surface area contributed by atoms with Gasteiger partial charge in [0.25, 0.3) is 5.91 Å². The Morgan fingerprint density at radius 1 is 1.27 bits per heavy atom. The summed E-state index contributed by atoms with van der Waals surface area (Å²) in [5, 5.41) is 7.69. The number of nitrogens with two attached hydrogens (primary N) is 1. The van der Waals surface area contributed by atoms with E-state index in [1.54, 1.807) is 6.20 Å². The molecule has 2 N–H and O–H groups in total. The minimum Gasteiger partial charge on any atom is -0.478 e. The van der Waals surface area contributed by atoms with E-state index in [9.17, 15) is 18.0 Å². The van der Waals surface area contributed by atoms with E-state index in [-0.39, 0.29) is 5.69 Å². The van der Waals surface area contributed by atoms with Gasteiger partial charge in [0.15, 0.2) is 5.69 Å². The van der Waals surface area contributed by atoms with E-state index in [4.69, 9.17) is 10.5 Å². The van der Waals surface area contributed by atoms with Gasteiger partial charge in [0.1, 0.15) is 5.69 Å². The molecule has 30 heavy (non-hydrogen) atoms. The third-order valence-corrected chi connectivity index (χ3v) is 4.41. The largest absolute Gasteiger partial charge is 0.478 e. The van der Waals surface area contributed by atoms with Crippen LogP contribution in [0.1, 0.15) is 35.2 Å². The smallest absolute Gasteiger partial charge is 0.435 e. The molecule has 0 unspecified atom stereocenters. The number of primary amides is 1. The van der Waals surface area contributed by atoms with Gasteiger partial charge in [0.2, 0.25) is 5.88 Å². The van der Waals surface area contributed by atoms with Gasteiger partial charge in [0, 0.05) is 43.2 Å². The number of rotatable bonds is 4. The van der Waals surface area contributed by atoms with Crippen molar-refractivity contribution in [3.8, 4) is 17.1 Å². The molecular formula is C19H21F3N6O2. The highest BCUT2D eigenvalue weighted by molar-refractivity contribution is 5.91. The van der Waals surface area contributed by atoms with Crippen LogP contribution in [0.25, 0.3) is 11.3 Å². The van der Waals surface area contributed by atoms with Crippen molar-refractivity contribution < 1.29 is 22.7 Å². The highest BCUT2D eigenvalue weighted by Gasteiger charge is 2.35. The van der Waals surface area contributed by atoms with Gasteiger partial charge >= 0.3 is 6.18 Å². The number of alkyl halides is 3. The summed E-state index contributed by atoms with van der Waals surface area (Å²) in [4.78, 5) is 14.7. The number of amides is 1. The zero-order chi connectivity index (χ0) is 21.9. The lowest BCUT2D eigenvalue weighted by Crippen LogP contribution is -2.15. The second-order valence-electron chi connectivity index (χ2n) is 6.56. The maximum atomic E-state index is 12.0. The first-order valence-electron chi connectivity index (χ1n) is 9.26. The summed E-state index contributed by atoms with van der Waals surface area (Å²) in [6.45, 7) is 3.63. The molecule has 0 saturated carbocycles. The fourth-order valence-corrected chi connectivity index (χ4v) is 3.03. The number of aromatic nitrogens is 5. The average molecular weight is 422 g/mol. The highest BCUT2D eigenvalue weighted by Crippen LogP contribution is 2.28. The highest BCUT2D eigenvalue weighted by atomic mass is 19.4. The third kappa shape index (κ3) is 4.78. The molecule has 8 nitrogen and oxygen atoms in total. The Bertz CT molecular complexity index is 1020. The van der Waals surface area contributed by atoms with E-state index in [2.05, 4.69) is 25.9 Å². The Kier molecular flexibility index (Phi) is 6.09. The molecule has 0 aliphatic carbocycles. The molecule has 0 atom stereocenters. The third-order valence-electron chi connectivity index (χ3n) is 4.41. The molecule has 0 fully saturated rings. The first-order chi connectivity index (χ1) is 14.2. The van der Waals surface area contributed by atoms with Gasteiger partial charge in [0.05, 0.1) is 12.3 Å². The summed E-state index contributed by atoms with van der Waals surface area (Å²) in [5.41, 5.74) is 6.83. The van der Waals surface area contributed by atoms with E-state index in [0.29, 0.717) is 18.6 Å². The molecule has 1 aliphatic heterocycles. The van der Waals surface area contributed by atoms with E-state index < -0.39 is 17.8 Å². The maximum absolute atomic E-state index is 12.0. The Morgan fingerprint density at radius 3 is 2.60 bits per heavy atom. The van der Waals surface area contributed by atoms with E-state index >= 15 is 0 Å². The molecule has 3 aromatic heterocycles. The maximum Gasteiger partial charge on any atom is 0.435 e. The van der Waals surface area contributed by atoms with Crippen LogP contribution in [0.5, 0.6) is 5.88 Å². The van der Waals surface area contributed by atoms with E-state index in [1.807, 2.05) is 19.1 Å². The Labute approximate surface area is 170 Å². The first-order valence-corrected chi connectivity index (χ1v) is 9.26. The number of hydrogen-bond acceptors (Lipinski definition) is 5. The Morgan fingerprint density at radius 2 is 2.03 bits per heavy atom.